The van der Waals surface area contributed by atoms with E-state index in [1.807, 2.05) is 48.5 Å². The fourth-order valence-corrected chi connectivity index (χ4v) is 5.38. The summed E-state index contributed by atoms with van der Waals surface area (Å²) in [5.74, 6) is 1.51. The molecule has 30 heavy (non-hydrogen) atoms. The van der Waals surface area contributed by atoms with Crippen LogP contribution in [0.3, 0.4) is 0 Å². The second-order valence-corrected chi connectivity index (χ2v) is 10.2. The van der Waals surface area contributed by atoms with Gasteiger partial charge in [-0.15, -0.1) is 0 Å². The standard InChI is InChI=1S/C23H31NO5S/c1-17(23(25)20-5-4-6-20)30(26,27)24(15-18-7-11-21(28-2)12-8-18)16-19-9-13-22(29-3)14-10-19/h7-14,17,20,23,25H,4-6,15-16H2,1-3H3/t17-,23-/m1/s1. The van der Waals surface area contributed by atoms with Gasteiger partial charge in [-0.05, 0) is 61.1 Å². The molecule has 2 aromatic rings. The number of hydrogen-bond donors (Lipinski definition) is 1. The van der Waals surface area contributed by atoms with Gasteiger partial charge in [0.2, 0.25) is 10.0 Å². The predicted molar refractivity (Wildman–Crippen MR) is 117 cm³/mol. The summed E-state index contributed by atoms with van der Waals surface area (Å²) in [6, 6.07) is 14.7. The topological polar surface area (TPSA) is 76.1 Å². The summed E-state index contributed by atoms with van der Waals surface area (Å²) in [6.07, 6.45) is 1.98. The van der Waals surface area contributed by atoms with E-state index < -0.39 is 21.4 Å². The van der Waals surface area contributed by atoms with Gasteiger partial charge in [0.05, 0.1) is 25.6 Å². The van der Waals surface area contributed by atoms with E-state index >= 15 is 0 Å². The van der Waals surface area contributed by atoms with Crippen LogP contribution < -0.4 is 9.47 Å². The van der Waals surface area contributed by atoms with Crippen LogP contribution in [-0.4, -0.2) is 43.4 Å². The number of rotatable bonds is 10. The van der Waals surface area contributed by atoms with Crippen LogP contribution in [0.1, 0.15) is 37.3 Å². The third-order valence-corrected chi connectivity index (χ3v) is 8.18. The van der Waals surface area contributed by atoms with E-state index in [1.165, 1.54) is 4.31 Å². The molecule has 164 valence electrons. The van der Waals surface area contributed by atoms with Gasteiger partial charge in [0.25, 0.3) is 0 Å². The molecule has 1 saturated carbocycles. The number of benzene rings is 2. The lowest BCUT2D eigenvalue weighted by molar-refractivity contribution is 0.0606. The quantitative estimate of drug-likeness (QED) is 0.620. The Morgan fingerprint density at radius 1 is 0.933 bits per heavy atom. The molecule has 0 saturated heterocycles. The van der Waals surface area contributed by atoms with Crippen LogP contribution in [0.4, 0.5) is 0 Å². The van der Waals surface area contributed by atoms with Crippen molar-refractivity contribution in [1.82, 2.24) is 4.31 Å². The number of aliphatic hydroxyl groups is 1. The van der Waals surface area contributed by atoms with E-state index in [2.05, 4.69) is 0 Å². The van der Waals surface area contributed by atoms with E-state index in [4.69, 9.17) is 9.47 Å². The first-order valence-corrected chi connectivity index (χ1v) is 11.8. The average molecular weight is 434 g/mol. The smallest absolute Gasteiger partial charge is 0.219 e. The second-order valence-electron chi connectivity index (χ2n) is 7.90. The molecule has 0 spiro atoms. The Balaban J connectivity index is 1.85. The van der Waals surface area contributed by atoms with Gasteiger partial charge in [0, 0.05) is 13.1 Å². The fraction of sp³-hybridized carbons (Fsp3) is 0.478. The molecule has 1 aliphatic rings. The summed E-state index contributed by atoms with van der Waals surface area (Å²) >= 11 is 0. The van der Waals surface area contributed by atoms with Gasteiger partial charge >= 0.3 is 0 Å². The minimum atomic E-state index is -3.73. The summed E-state index contributed by atoms with van der Waals surface area (Å²) in [4.78, 5) is 0. The summed E-state index contributed by atoms with van der Waals surface area (Å²) in [5.41, 5.74) is 1.72. The van der Waals surface area contributed by atoms with E-state index in [9.17, 15) is 13.5 Å². The summed E-state index contributed by atoms with van der Waals surface area (Å²) in [6.45, 7) is 2.06. The molecular formula is C23H31NO5S. The maximum absolute atomic E-state index is 13.5. The van der Waals surface area contributed by atoms with Crippen molar-refractivity contribution in [3.63, 3.8) is 0 Å². The highest BCUT2D eigenvalue weighted by molar-refractivity contribution is 7.89. The third-order valence-electron chi connectivity index (χ3n) is 5.98. The number of ether oxygens (including phenoxy) is 2. The molecule has 0 unspecified atom stereocenters. The normalized spacial score (nSPS) is 16.7. The van der Waals surface area contributed by atoms with Crippen LogP contribution in [0.15, 0.2) is 48.5 Å². The summed E-state index contributed by atoms with van der Waals surface area (Å²) in [7, 11) is -0.536. The Hall–Kier alpha value is -2.09. The van der Waals surface area contributed by atoms with Gasteiger partial charge in [-0.25, -0.2) is 8.42 Å². The predicted octanol–water partition coefficient (Wildman–Crippen LogP) is 3.59. The van der Waals surface area contributed by atoms with Crippen molar-refractivity contribution in [2.45, 2.75) is 50.6 Å². The summed E-state index contributed by atoms with van der Waals surface area (Å²) < 4.78 is 38.8. The Kier molecular flexibility index (Phi) is 7.39. The number of sulfonamides is 1. The molecule has 2 aromatic carbocycles. The number of methoxy groups -OCH3 is 2. The lowest BCUT2D eigenvalue weighted by Gasteiger charge is -2.35. The second kappa shape index (κ2) is 9.81. The van der Waals surface area contributed by atoms with Crippen molar-refractivity contribution in [2.75, 3.05) is 14.2 Å². The molecule has 0 aromatic heterocycles. The molecule has 1 aliphatic carbocycles. The Morgan fingerprint density at radius 2 is 1.37 bits per heavy atom. The van der Waals surface area contributed by atoms with Gasteiger partial charge in [0.15, 0.2) is 0 Å². The van der Waals surface area contributed by atoms with Crippen molar-refractivity contribution >= 4 is 10.0 Å². The minimum absolute atomic E-state index is 0.0681. The van der Waals surface area contributed by atoms with Gasteiger partial charge in [-0.3, -0.25) is 0 Å². The van der Waals surface area contributed by atoms with Crippen LogP contribution in [0, 0.1) is 5.92 Å². The highest BCUT2D eigenvalue weighted by atomic mass is 32.2. The monoisotopic (exact) mass is 433 g/mol. The van der Waals surface area contributed by atoms with Crippen LogP contribution in [0.5, 0.6) is 11.5 Å². The van der Waals surface area contributed by atoms with E-state index in [0.717, 1.165) is 41.9 Å². The molecule has 0 aliphatic heterocycles. The average Bonchev–Trinajstić information content (AvgIpc) is 2.72. The molecule has 7 heteroatoms. The first kappa shape index (κ1) is 22.6. The molecule has 2 atom stereocenters. The number of aliphatic hydroxyl groups excluding tert-OH is 1. The molecule has 0 bridgehead atoms. The molecule has 1 N–H and O–H groups in total. The zero-order valence-corrected chi connectivity index (χ0v) is 18.6. The molecule has 0 radical (unpaired) electrons. The molecule has 6 nitrogen and oxygen atoms in total. The fourth-order valence-electron chi connectivity index (χ4n) is 3.68. The van der Waals surface area contributed by atoms with Crippen molar-refractivity contribution in [2.24, 2.45) is 5.92 Å². The zero-order chi connectivity index (χ0) is 21.7. The zero-order valence-electron chi connectivity index (χ0n) is 17.8. The molecule has 0 amide bonds. The number of nitrogens with zero attached hydrogens (tertiary/aromatic N) is 1. The lowest BCUT2D eigenvalue weighted by atomic mass is 9.80. The highest BCUT2D eigenvalue weighted by Gasteiger charge is 2.39. The van der Waals surface area contributed by atoms with E-state index in [-0.39, 0.29) is 19.0 Å². The van der Waals surface area contributed by atoms with Crippen LogP contribution in [0.2, 0.25) is 0 Å². The van der Waals surface area contributed by atoms with Gasteiger partial charge < -0.3 is 14.6 Å². The number of hydrogen-bond acceptors (Lipinski definition) is 5. The third kappa shape index (κ3) is 5.14. The Morgan fingerprint density at radius 3 is 1.70 bits per heavy atom. The molecule has 1 fully saturated rings. The highest BCUT2D eigenvalue weighted by Crippen LogP contribution is 2.33. The minimum Gasteiger partial charge on any atom is -0.497 e. The summed E-state index contributed by atoms with van der Waals surface area (Å²) in [5, 5.41) is 9.79. The van der Waals surface area contributed by atoms with Crippen LogP contribution >= 0.6 is 0 Å². The lowest BCUT2D eigenvalue weighted by Crippen LogP contribution is -2.46. The van der Waals surface area contributed by atoms with E-state index in [1.54, 1.807) is 21.1 Å². The van der Waals surface area contributed by atoms with E-state index in [0.29, 0.717) is 0 Å². The van der Waals surface area contributed by atoms with Crippen molar-refractivity contribution < 1.29 is 23.0 Å². The first-order valence-electron chi connectivity index (χ1n) is 10.3. The molecule has 0 heterocycles. The van der Waals surface area contributed by atoms with Crippen molar-refractivity contribution in [1.29, 1.82) is 0 Å². The van der Waals surface area contributed by atoms with Crippen molar-refractivity contribution in [3.8, 4) is 11.5 Å². The Bertz CT molecular complexity index is 858. The maximum Gasteiger partial charge on any atom is 0.219 e. The van der Waals surface area contributed by atoms with Crippen LogP contribution in [-0.2, 0) is 23.1 Å². The first-order chi connectivity index (χ1) is 14.3. The SMILES string of the molecule is COc1ccc(CN(Cc2ccc(OC)cc2)S(=O)(=O)[C@H](C)[C@@H](O)C2CCC2)cc1. The van der Waals surface area contributed by atoms with Gasteiger partial charge in [-0.2, -0.15) is 4.31 Å². The maximum atomic E-state index is 13.5. The molecule has 3 rings (SSSR count). The van der Waals surface area contributed by atoms with Crippen LogP contribution in [0.25, 0.3) is 0 Å². The molecular weight excluding hydrogens is 402 g/mol. The van der Waals surface area contributed by atoms with Crippen molar-refractivity contribution in [3.05, 3.63) is 59.7 Å². The van der Waals surface area contributed by atoms with Gasteiger partial charge in [-0.1, -0.05) is 30.7 Å². The van der Waals surface area contributed by atoms with Gasteiger partial charge in [0.1, 0.15) is 11.5 Å². The Labute approximate surface area is 179 Å². The largest absolute Gasteiger partial charge is 0.497 e.